The fourth-order valence-electron chi connectivity index (χ4n) is 2.31. The quantitative estimate of drug-likeness (QED) is 0.928. The minimum Gasteiger partial charge on any atom is -0.296 e. The molecule has 0 saturated carbocycles. The lowest BCUT2D eigenvalue weighted by Gasteiger charge is -2.35. The zero-order chi connectivity index (χ0) is 13.9. The van der Waals surface area contributed by atoms with Crippen LogP contribution in [0.3, 0.4) is 0 Å². The number of hydrazine groups is 1. The van der Waals surface area contributed by atoms with E-state index in [2.05, 4.69) is 10.4 Å². The molecule has 102 valence electrons. The summed E-state index contributed by atoms with van der Waals surface area (Å²) >= 11 is 0. The van der Waals surface area contributed by atoms with Gasteiger partial charge in [0.1, 0.15) is 0 Å². The molecule has 1 N–H and O–H groups in total. The molecule has 3 rings (SSSR count). The zero-order valence-corrected chi connectivity index (χ0v) is 11.3. The molecule has 1 aromatic heterocycles. The van der Waals surface area contributed by atoms with E-state index < -0.39 is 0 Å². The second kappa shape index (κ2) is 5.30. The van der Waals surface area contributed by atoms with Gasteiger partial charge in [-0.25, -0.2) is 10.2 Å². The topological polar surface area (TPSA) is 48.5 Å². The van der Waals surface area contributed by atoms with E-state index >= 15 is 0 Å². The highest BCUT2D eigenvalue weighted by atomic mass is 16.2. The molecule has 1 aromatic carbocycles. The number of nitrogens with one attached hydrogen (secondary N) is 1. The van der Waals surface area contributed by atoms with E-state index in [1.165, 1.54) is 0 Å². The van der Waals surface area contributed by atoms with Crippen LogP contribution in [0, 0.1) is 0 Å². The van der Waals surface area contributed by atoms with Gasteiger partial charge < -0.3 is 0 Å². The average Bonchev–Trinajstić information content (AvgIpc) is 2.50. The van der Waals surface area contributed by atoms with Crippen LogP contribution in [-0.4, -0.2) is 23.1 Å². The molecule has 5 nitrogen and oxygen atoms in total. The fourth-order valence-corrected chi connectivity index (χ4v) is 2.31. The molecule has 20 heavy (non-hydrogen) atoms. The minimum absolute atomic E-state index is 0.0485. The van der Waals surface area contributed by atoms with Crippen molar-refractivity contribution in [3.8, 4) is 0 Å². The van der Waals surface area contributed by atoms with E-state index in [4.69, 9.17) is 0 Å². The highest BCUT2D eigenvalue weighted by molar-refractivity contribution is 5.93. The van der Waals surface area contributed by atoms with Gasteiger partial charge in [0.05, 0.1) is 12.2 Å². The number of aromatic nitrogens is 1. The first-order valence-electron chi connectivity index (χ1n) is 6.51. The molecule has 5 heteroatoms. The Morgan fingerprint density at radius 2 is 2.10 bits per heavy atom. The van der Waals surface area contributed by atoms with Crippen molar-refractivity contribution in [1.82, 2.24) is 15.4 Å². The van der Waals surface area contributed by atoms with Gasteiger partial charge in [-0.15, -0.1) is 0 Å². The number of rotatable bonds is 3. The summed E-state index contributed by atoms with van der Waals surface area (Å²) in [6.07, 6.45) is 3.53. The third-order valence-corrected chi connectivity index (χ3v) is 3.40. The minimum atomic E-state index is -0.0485. The summed E-state index contributed by atoms with van der Waals surface area (Å²) in [6.45, 7) is 1.15. The van der Waals surface area contributed by atoms with Crippen LogP contribution >= 0.6 is 0 Å². The smallest absolute Gasteiger partial charge is 0.296 e. The van der Waals surface area contributed by atoms with Gasteiger partial charge in [-0.05, 0) is 23.3 Å². The summed E-state index contributed by atoms with van der Waals surface area (Å²) in [6, 6.07) is 11.8. The monoisotopic (exact) mass is 268 g/mol. The summed E-state index contributed by atoms with van der Waals surface area (Å²) in [5, 5.41) is 1.63. The predicted octanol–water partition coefficient (Wildman–Crippen LogP) is 2.16. The highest BCUT2D eigenvalue weighted by Gasteiger charge is 2.26. The van der Waals surface area contributed by atoms with Crippen molar-refractivity contribution in [2.24, 2.45) is 0 Å². The number of carbonyl (C=O) groups excluding carboxylic acids is 1. The van der Waals surface area contributed by atoms with E-state index in [0.29, 0.717) is 13.1 Å². The highest BCUT2D eigenvalue weighted by Crippen LogP contribution is 2.26. The van der Waals surface area contributed by atoms with Gasteiger partial charge in [-0.2, -0.15) is 0 Å². The van der Waals surface area contributed by atoms with Gasteiger partial charge in [0, 0.05) is 26.0 Å². The Bertz CT molecular complexity index is 614. The molecule has 0 spiro atoms. The third-order valence-electron chi connectivity index (χ3n) is 3.40. The van der Waals surface area contributed by atoms with Crippen molar-refractivity contribution in [3.05, 3.63) is 59.9 Å². The lowest BCUT2D eigenvalue weighted by Crippen LogP contribution is -2.51. The molecule has 0 radical (unpaired) electrons. The number of para-hydroxylation sites is 1. The Balaban J connectivity index is 1.74. The van der Waals surface area contributed by atoms with Crippen LogP contribution < -0.4 is 10.3 Å². The molecule has 2 aromatic rings. The first kappa shape index (κ1) is 12.6. The van der Waals surface area contributed by atoms with Crippen LogP contribution in [-0.2, 0) is 13.1 Å². The number of carbonyl (C=O) groups is 1. The van der Waals surface area contributed by atoms with Crippen LogP contribution in [0.5, 0.6) is 0 Å². The second-order valence-corrected chi connectivity index (χ2v) is 4.75. The lowest BCUT2D eigenvalue weighted by atomic mass is 10.1. The fraction of sp³-hybridized carbons (Fsp3) is 0.200. The van der Waals surface area contributed by atoms with E-state index in [0.717, 1.165) is 16.8 Å². The molecular weight excluding hydrogens is 252 g/mol. The maximum Gasteiger partial charge on any atom is 0.338 e. The Morgan fingerprint density at radius 1 is 1.25 bits per heavy atom. The molecule has 1 aliphatic heterocycles. The Morgan fingerprint density at radius 3 is 2.90 bits per heavy atom. The first-order chi connectivity index (χ1) is 9.75. The predicted molar refractivity (Wildman–Crippen MR) is 76.9 cm³/mol. The lowest BCUT2D eigenvalue weighted by molar-refractivity contribution is 0.168. The van der Waals surface area contributed by atoms with Crippen molar-refractivity contribution < 1.29 is 4.79 Å². The molecule has 0 fully saturated rings. The number of urea groups is 1. The SMILES string of the molecule is CN1C(=O)N(NCc2cccnc2)Cc2ccccc21. The zero-order valence-electron chi connectivity index (χ0n) is 11.3. The van der Waals surface area contributed by atoms with Crippen molar-refractivity contribution in [2.75, 3.05) is 11.9 Å². The maximum absolute atomic E-state index is 12.3. The van der Waals surface area contributed by atoms with Crippen molar-refractivity contribution in [2.45, 2.75) is 13.1 Å². The maximum atomic E-state index is 12.3. The van der Waals surface area contributed by atoms with Gasteiger partial charge in [0.15, 0.2) is 0 Å². The molecule has 0 unspecified atom stereocenters. The number of pyridine rings is 1. The van der Waals surface area contributed by atoms with Gasteiger partial charge in [-0.3, -0.25) is 14.9 Å². The molecule has 2 heterocycles. The van der Waals surface area contributed by atoms with Gasteiger partial charge in [0.2, 0.25) is 0 Å². The van der Waals surface area contributed by atoms with Gasteiger partial charge in [-0.1, -0.05) is 24.3 Å². The van der Waals surface area contributed by atoms with E-state index in [-0.39, 0.29) is 6.03 Å². The van der Waals surface area contributed by atoms with Crippen molar-refractivity contribution >= 4 is 11.7 Å². The normalized spacial score (nSPS) is 14.3. The van der Waals surface area contributed by atoms with E-state index in [1.807, 2.05) is 36.4 Å². The van der Waals surface area contributed by atoms with Crippen molar-refractivity contribution in [3.63, 3.8) is 0 Å². The largest absolute Gasteiger partial charge is 0.338 e. The number of hydrogen-bond donors (Lipinski definition) is 1. The number of nitrogens with zero attached hydrogens (tertiary/aromatic N) is 3. The Labute approximate surface area is 117 Å². The van der Waals surface area contributed by atoms with Gasteiger partial charge >= 0.3 is 6.03 Å². The summed E-state index contributed by atoms with van der Waals surface area (Å²) in [5.41, 5.74) is 6.31. The van der Waals surface area contributed by atoms with Gasteiger partial charge in [0.25, 0.3) is 0 Å². The number of hydrogen-bond acceptors (Lipinski definition) is 3. The number of fused-ring (bicyclic) bond motifs is 1. The van der Waals surface area contributed by atoms with Crippen LogP contribution in [0.25, 0.3) is 0 Å². The van der Waals surface area contributed by atoms with Crippen LogP contribution in [0.4, 0.5) is 10.5 Å². The average molecular weight is 268 g/mol. The first-order valence-corrected chi connectivity index (χ1v) is 6.51. The van der Waals surface area contributed by atoms with Crippen LogP contribution in [0.15, 0.2) is 48.8 Å². The molecule has 0 bridgehead atoms. The molecule has 0 saturated heterocycles. The third kappa shape index (κ3) is 2.35. The van der Waals surface area contributed by atoms with Crippen LogP contribution in [0.1, 0.15) is 11.1 Å². The van der Waals surface area contributed by atoms with E-state index in [9.17, 15) is 4.79 Å². The van der Waals surface area contributed by atoms with Crippen LogP contribution in [0.2, 0.25) is 0 Å². The second-order valence-electron chi connectivity index (χ2n) is 4.75. The standard InChI is InChI=1S/C15H16N4O/c1-18-14-7-3-2-6-13(14)11-19(15(18)20)17-10-12-5-4-8-16-9-12/h2-9,17H,10-11H2,1H3. The molecule has 1 aliphatic rings. The summed E-state index contributed by atoms with van der Waals surface area (Å²) in [5.74, 6) is 0. The molecule has 0 aliphatic carbocycles. The van der Waals surface area contributed by atoms with Crippen molar-refractivity contribution in [1.29, 1.82) is 0 Å². The number of anilines is 1. The number of benzene rings is 1. The summed E-state index contributed by atoms with van der Waals surface area (Å²) in [7, 11) is 1.79. The molecular formula is C15H16N4O. The summed E-state index contributed by atoms with van der Waals surface area (Å²) < 4.78 is 0. The molecule has 0 atom stereocenters. The summed E-state index contributed by atoms with van der Waals surface area (Å²) in [4.78, 5) is 18.0. The Kier molecular flexibility index (Phi) is 3.35. The van der Waals surface area contributed by atoms with E-state index in [1.54, 1.807) is 29.4 Å². The molecule has 2 amide bonds. The number of amides is 2. The Hall–Kier alpha value is -2.40.